The number of hydrogen-bond donors (Lipinski definition) is 1. The standard InChI is InChI=1S/C10H12BrN3O2/c1-3-12-6(2)9-13-14-10(16-9)7-4-5-15-8(7)11/h4-6,12H,3H2,1-2H3. The molecule has 0 saturated heterocycles. The highest BCUT2D eigenvalue weighted by atomic mass is 79.9. The van der Waals surface area contributed by atoms with E-state index in [0.29, 0.717) is 16.5 Å². The third kappa shape index (κ3) is 2.17. The molecule has 0 aliphatic carbocycles. The Kier molecular flexibility index (Phi) is 3.40. The molecule has 1 atom stereocenters. The van der Waals surface area contributed by atoms with Gasteiger partial charge in [-0.1, -0.05) is 6.92 Å². The molecule has 0 aliphatic rings. The Morgan fingerprint density at radius 2 is 2.31 bits per heavy atom. The summed E-state index contributed by atoms with van der Waals surface area (Å²) in [7, 11) is 0. The topological polar surface area (TPSA) is 64.1 Å². The maximum atomic E-state index is 5.55. The average molecular weight is 286 g/mol. The molecule has 0 aliphatic heterocycles. The first-order chi connectivity index (χ1) is 7.72. The summed E-state index contributed by atoms with van der Waals surface area (Å²) in [5.41, 5.74) is 0.766. The first kappa shape index (κ1) is 11.3. The molecule has 0 radical (unpaired) electrons. The van der Waals surface area contributed by atoms with Gasteiger partial charge in [-0.3, -0.25) is 0 Å². The lowest BCUT2D eigenvalue weighted by Crippen LogP contribution is -2.17. The molecule has 0 saturated carbocycles. The van der Waals surface area contributed by atoms with Crippen molar-refractivity contribution in [2.45, 2.75) is 19.9 Å². The third-order valence-corrected chi connectivity index (χ3v) is 2.78. The van der Waals surface area contributed by atoms with Crippen LogP contribution in [0.1, 0.15) is 25.8 Å². The molecule has 2 rings (SSSR count). The number of furan rings is 1. The van der Waals surface area contributed by atoms with Gasteiger partial charge in [0.15, 0.2) is 4.67 Å². The van der Waals surface area contributed by atoms with Crippen molar-refractivity contribution >= 4 is 15.9 Å². The second kappa shape index (κ2) is 4.80. The van der Waals surface area contributed by atoms with Crippen LogP contribution in [-0.4, -0.2) is 16.7 Å². The van der Waals surface area contributed by atoms with Crippen molar-refractivity contribution in [3.05, 3.63) is 22.9 Å². The van der Waals surface area contributed by atoms with Gasteiger partial charge < -0.3 is 14.2 Å². The monoisotopic (exact) mass is 285 g/mol. The predicted octanol–water partition coefficient (Wildman–Crippen LogP) is 2.76. The lowest BCUT2D eigenvalue weighted by atomic mass is 10.3. The van der Waals surface area contributed by atoms with Crippen LogP contribution in [0.5, 0.6) is 0 Å². The highest BCUT2D eigenvalue weighted by Crippen LogP contribution is 2.28. The minimum atomic E-state index is 0.0527. The first-order valence-electron chi connectivity index (χ1n) is 5.02. The Morgan fingerprint density at radius 3 is 2.94 bits per heavy atom. The summed E-state index contributed by atoms with van der Waals surface area (Å²) in [5.74, 6) is 1.03. The number of nitrogens with one attached hydrogen (secondary N) is 1. The van der Waals surface area contributed by atoms with E-state index >= 15 is 0 Å². The van der Waals surface area contributed by atoms with Gasteiger partial charge in [0.1, 0.15) is 0 Å². The molecule has 2 aromatic heterocycles. The Labute approximate surface area is 101 Å². The summed E-state index contributed by atoms with van der Waals surface area (Å²) in [4.78, 5) is 0. The summed E-state index contributed by atoms with van der Waals surface area (Å²) >= 11 is 3.27. The molecule has 0 bridgehead atoms. The summed E-state index contributed by atoms with van der Waals surface area (Å²) in [6.07, 6.45) is 1.57. The minimum absolute atomic E-state index is 0.0527. The molecule has 86 valence electrons. The van der Waals surface area contributed by atoms with Gasteiger partial charge in [0.05, 0.1) is 17.9 Å². The van der Waals surface area contributed by atoms with Crippen molar-refractivity contribution in [1.29, 1.82) is 0 Å². The molecule has 1 N–H and O–H groups in total. The summed E-state index contributed by atoms with van der Waals surface area (Å²) in [6, 6.07) is 1.83. The molecular weight excluding hydrogens is 274 g/mol. The first-order valence-corrected chi connectivity index (χ1v) is 5.81. The molecule has 16 heavy (non-hydrogen) atoms. The zero-order valence-corrected chi connectivity index (χ0v) is 10.6. The van der Waals surface area contributed by atoms with Gasteiger partial charge in [0.25, 0.3) is 5.89 Å². The molecule has 2 aromatic rings. The van der Waals surface area contributed by atoms with Crippen LogP contribution >= 0.6 is 15.9 Å². The largest absolute Gasteiger partial charge is 0.457 e. The van der Waals surface area contributed by atoms with E-state index in [9.17, 15) is 0 Å². The smallest absolute Gasteiger partial charge is 0.252 e. The van der Waals surface area contributed by atoms with Crippen LogP contribution in [0.15, 0.2) is 25.8 Å². The van der Waals surface area contributed by atoms with Gasteiger partial charge in [-0.15, -0.1) is 10.2 Å². The fourth-order valence-corrected chi connectivity index (χ4v) is 1.77. The van der Waals surface area contributed by atoms with E-state index in [-0.39, 0.29) is 6.04 Å². The Bertz CT molecular complexity index is 466. The van der Waals surface area contributed by atoms with Gasteiger partial charge in [0, 0.05) is 0 Å². The van der Waals surface area contributed by atoms with Crippen molar-refractivity contribution < 1.29 is 8.83 Å². The second-order valence-corrected chi connectivity index (χ2v) is 4.05. The zero-order chi connectivity index (χ0) is 11.5. The number of nitrogens with zero attached hydrogens (tertiary/aromatic N) is 2. The van der Waals surface area contributed by atoms with Crippen molar-refractivity contribution in [2.24, 2.45) is 0 Å². The maximum absolute atomic E-state index is 5.55. The molecule has 2 heterocycles. The fraction of sp³-hybridized carbons (Fsp3) is 0.400. The number of halogens is 1. The molecule has 5 nitrogen and oxygen atoms in total. The van der Waals surface area contributed by atoms with Gasteiger partial charge in [-0.25, -0.2) is 0 Å². The van der Waals surface area contributed by atoms with Gasteiger partial charge in [-0.2, -0.15) is 0 Å². The molecule has 6 heteroatoms. The van der Waals surface area contributed by atoms with Crippen LogP contribution in [0, 0.1) is 0 Å². The third-order valence-electron chi connectivity index (χ3n) is 2.17. The molecule has 0 fully saturated rings. The number of rotatable bonds is 4. The van der Waals surface area contributed by atoms with Crippen molar-refractivity contribution in [3.63, 3.8) is 0 Å². The Morgan fingerprint density at radius 1 is 1.50 bits per heavy atom. The molecule has 1 unspecified atom stereocenters. The van der Waals surface area contributed by atoms with Crippen LogP contribution in [0.25, 0.3) is 11.5 Å². The van der Waals surface area contributed by atoms with Crippen molar-refractivity contribution in [2.75, 3.05) is 6.54 Å². The van der Waals surface area contributed by atoms with E-state index in [1.807, 2.05) is 13.8 Å². The molecule has 0 aromatic carbocycles. The fourth-order valence-electron chi connectivity index (χ4n) is 1.36. The van der Waals surface area contributed by atoms with E-state index in [0.717, 1.165) is 12.1 Å². The quantitative estimate of drug-likeness (QED) is 0.936. The van der Waals surface area contributed by atoms with Crippen LogP contribution in [0.4, 0.5) is 0 Å². The Hall–Kier alpha value is -1.14. The van der Waals surface area contributed by atoms with Gasteiger partial charge in [0.2, 0.25) is 5.89 Å². The zero-order valence-electron chi connectivity index (χ0n) is 9.03. The summed E-state index contributed by atoms with van der Waals surface area (Å²) in [5, 5.41) is 11.2. The van der Waals surface area contributed by atoms with Gasteiger partial charge >= 0.3 is 0 Å². The van der Waals surface area contributed by atoms with E-state index in [2.05, 4.69) is 31.4 Å². The van der Waals surface area contributed by atoms with Crippen molar-refractivity contribution in [1.82, 2.24) is 15.5 Å². The van der Waals surface area contributed by atoms with Gasteiger partial charge in [-0.05, 0) is 35.5 Å². The molecular formula is C10H12BrN3O2. The summed E-state index contributed by atoms with van der Waals surface area (Å²) < 4.78 is 11.3. The minimum Gasteiger partial charge on any atom is -0.457 e. The van der Waals surface area contributed by atoms with E-state index in [1.165, 1.54) is 0 Å². The highest BCUT2D eigenvalue weighted by Gasteiger charge is 2.16. The predicted molar refractivity (Wildman–Crippen MR) is 61.8 cm³/mol. The van der Waals surface area contributed by atoms with E-state index in [4.69, 9.17) is 8.83 Å². The SMILES string of the molecule is CCNC(C)c1nnc(-c2ccoc2Br)o1. The molecule has 0 spiro atoms. The maximum Gasteiger partial charge on any atom is 0.252 e. The lowest BCUT2D eigenvalue weighted by Gasteiger charge is -2.05. The highest BCUT2D eigenvalue weighted by molar-refractivity contribution is 9.10. The average Bonchev–Trinajstić information content (AvgIpc) is 2.86. The number of hydrogen-bond acceptors (Lipinski definition) is 5. The Balaban J connectivity index is 2.23. The van der Waals surface area contributed by atoms with Crippen molar-refractivity contribution in [3.8, 4) is 11.5 Å². The summed E-state index contributed by atoms with van der Waals surface area (Å²) in [6.45, 7) is 4.86. The normalized spacial score (nSPS) is 12.9. The molecule has 0 amide bonds. The van der Waals surface area contributed by atoms with Crippen LogP contribution in [0.3, 0.4) is 0 Å². The van der Waals surface area contributed by atoms with Crippen LogP contribution in [-0.2, 0) is 0 Å². The van der Waals surface area contributed by atoms with Crippen LogP contribution in [0.2, 0.25) is 0 Å². The number of aromatic nitrogens is 2. The van der Waals surface area contributed by atoms with E-state index in [1.54, 1.807) is 12.3 Å². The second-order valence-electron chi connectivity index (χ2n) is 3.33. The van der Waals surface area contributed by atoms with E-state index < -0.39 is 0 Å². The lowest BCUT2D eigenvalue weighted by molar-refractivity contribution is 0.428. The van der Waals surface area contributed by atoms with Crippen LogP contribution < -0.4 is 5.32 Å².